The van der Waals surface area contributed by atoms with Gasteiger partial charge in [0.15, 0.2) is 5.58 Å². The number of aromatic nitrogens is 2. The molecule has 0 aliphatic rings. The first-order chi connectivity index (χ1) is 11.0. The van der Waals surface area contributed by atoms with Crippen LogP contribution in [0.25, 0.3) is 33.3 Å². The second kappa shape index (κ2) is 4.17. The quantitative estimate of drug-likeness (QED) is 0.512. The van der Waals surface area contributed by atoms with Crippen molar-refractivity contribution in [3.05, 3.63) is 60.4 Å². The molecule has 1 aromatic carbocycles. The number of fused-ring (bicyclic) bond motifs is 3. The number of nitrogens with zero attached hydrogens (tertiary/aromatic N) is 2. The zero-order chi connectivity index (χ0) is 16.0. The third-order valence-corrected chi connectivity index (χ3v) is 3.28. The zero-order valence-electron chi connectivity index (χ0n) is 13.5. The van der Waals surface area contributed by atoms with E-state index in [2.05, 4.69) is 9.97 Å². The van der Waals surface area contributed by atoms with Gasteiger partial charge in [0, 0.05) is 27.0 Å². The van der Waals surface area contributed by atoms with Crippen molar-refractivity contribution in [2.75, 3.05) is 0 Å². The third-order valence-electron chi connectivity index (χ3n) is 3.28. The van der Waals surface area contributed by atoms with Crippen LogP contribution < -0.4 is 0 Å². The summed E-state index contributed by atoms with van der Waals surface area (Å²) in [7, 11) is 0. The van der Waals surface area contributed by atoms with Crippen LogP contribution >= 0.6 is 0 Å². The molecule has 3 heteroatoms. The molecule has 0 radical (unpaired) electrons. The Hall–Kier alpha value is -2.68. The molecule has 4 aromatic rings. The Labute approximate surface area is 120 Å². The molecule has 0 atom stereocenters. The molecule has 4 rings (SSSR count). The smallest absolute Gasteiger partial charge is 0.153 e. The molecule has 3 heterocycles. The standard InChI is InChI=1S/C17H12N2O/c1-11-8-9-15-16(19-11)13-6-4-5-12(17(13)20-15)14-7-2-3-10-18-14/h2-10H,1H3/i1D3. The van der Waals surface area contributed by atoms with Crippen molar-refractivity contribution >= 4 is 22.1 Å². The van der Waals surface area contributed by atoms with E-state index in [1.807, 2.05) is 36.4 Å². The number of aryl methyl sites for hydroxylation is 1. The van der Waals surface area contributed by atoms with Crippen molar-refractivity contribution < 1.29 is 8.53 Å². The lowest BCUT2D eigenvalue weighted by molar-refractivity contribution is 0.669. The maximum absolute atomic E-state index is 7.52. The van der Waals surface area contributed by atoms with E-state index in [1.54, 1.807) is 12.3 Å². The van der Waals surface area contributed by atoms with Gasteiger partial charge in [0.1, 0.15) is 11.1 Å². The minimum absolute atomic E-state index is 0.0657. The van der Waals surface area contributed by atoms with Crippen LogP contribution in [0.4, 0.5) is 0 Å². The first-order valence-electron chi connectivity index (χ1n) is 7.78. The highest BCUT2D eigenvalue weighted by Gasteiger charge is 2.13. The fraction of sp³-hybridized carbons (Fsp3) is 0.0588. The van der Waals surface area contributed by atoms with Crippen molar-refractivity contribution in [3.8, 4) is 11.3 Å². The van der Waals surface area contributed by atoms with Crippen LogP contribution in [0.15, 0.2) is 59.1 Å². The first-order valence-corrected chi connectivity index (χ1v) is 6.28. The number of hydrogen-bond donors (Lipinski definition) is 0. The Kier molecular flexibility index (Phi) is 1.77. The highest BCUT2D eigenvalue weighted by atomic mass is 16.3. The molecule has 0 N–H and O–H groups in total. The topological polar surface area (TPSA) is 38.9 Å². The maximum atomic E-state index is 7.52. The summed E-state index contributed by atoms with van der Waals surface area (Å²) in [6.07, 6.45) is 1.72. The van der Waals surface area contributed by atoms with E-state index < -0.39 is 6.85 Å². The summed E-state index contributed by atoms with van der Waals surface area (Å²) in [6, 6.07) is 14.5. The lowest BCUT2D eigenvalue weighted by Gasteiger charge is -2.00. The second-order valence-electron chi connectivity index (χ2n) is 4.54. The molecule has 0 saturated carbocycles. The Morgan fingerprint density at radius 3 is 2.90 bits per heavy atom. The summed E-state index contributed by atoms with van der Waals surface area (Å²) in [4.78, 5) is 8.65. The van der Waals surface area contributed by atoms with Gasteiger partial charge in [-0.3, -0.25) is 4.98 Å². The van der Waals surface area contributed by atoms with Gasteiger partial charge in [-0.25, -0.2) is 4.98 Å². The van der Waals surface area contributed by atoms with Crippen LogP contribution in [-0.2, 0) is 0 Å². The minimum atomic E-state index is -2.24. The molecular formula is C17H12N2O. The highest BCUT2D eigenvalue weighted by molar-refractivity contribution is 6.07. The van der Waals surface area contributed by atoms with Gasteiger partial charge >= 0.3 is 0 Å². The molecule has 0 saturated heterocycles. The SMILES string of the molecule is [2H]C([2H])([2H])c1ccc2oc3c(-c4ccccn4)cccc3c2n1. The molecule has 3 aromatic heterocycles. The van der Waals surface area contributed by atoms with Crippen LogP contribution in [0.5, 0.6) is 0 Å². The molecule has 0 bridgehead atoms. The molecule has 3 nitrogen and oxygen atoms in total. The monoisotopic (exact) mass is 263 g/mol. The maximum Gasteiger partial charge on any atom is 0.153 e. The summed E-state index contributed by atoms with van der Waals surface area (Å²) in [5, 5.41) is 0.786. The van der Waals surface area contributed by atoms with E-state index in [4.69, 9.17) is 8.53 Å². The van der Waals surface area contributed by atoms with Crippen molar-refractivity contribution in [1.82, 2.24) is 9.97 Å². The Morgan fingerprint density at radius 2 is 2.05 bits per heavy atom. The lowest BCUT2D eigenvalue weighted by Crippen LogP contribution is -1.82. The van der Waals surface area contributed by atoms with E-state index >= 15 is 0 Å². The molecule has 0 aliphatic carbocycles. The van der Waals surface area contributed by atoms with Gasteiger partial charge in [0.25, 0.3) is 0 Å². The van der Waals surface area contributed by atoms with E-state index in [0.29, 0.717) is 16.7 Å². The molecule has 0 spiro atoms. The van der Waals surface area contributed by atoms with E-state index in [9.17, 15) is 0 Å². The summed E-state index contributed by atoms with van der Waals surface area (Å²) in [6.45, 7) is -2.24. The van der Waals surface area contributed by atoms with Crippen LogP contribution in [-0.4, -0.2) is 9.97 Å². The molecule has 20 heavy (non-hydrogen) atoms. The zero-order valence-corrected chi connectivity index (χ0v) is 10.5. The van der Waals surface area contributed by atoms with Gasteiger partial charge in [-0.2, -0.15) is 0 Å². The second-order valence-corrected chi connectivity index (χ2v) is 4.54. The fourth-order valence-corrected chi connectivity index (χ4v) is 2.39. The Balaban J connectivity index is 2.03. The van der Waals surface area contributed by atoms with Gasteiger partial charge in [-0.15, -0.1) is 0 Å². The summed E-state index contributed by atoms with van der Waals surface area (Å²) < 4.78 is 28.5. The Bertz CT molecular complexity index is 1010. The van der Waals surface area contributed by atoms with Crippen LogP contribution in [0.2, 0.25) is 0 Å². The lowest BCUT2D eigenvalue weighted by atomic mass is 10.1. The molecule has 0 aliphatic heterocycles. The number of rotatable bonds is 1. The van der Waals surface area contributed by atoms with E-state index in [0.717, 1.165) is 16.6 Å². The number of hydrogen-bond acceptors (Lipinski definition) is 3. The average Bonchev–Trinajstić information content (AvgIpc) is 2.92. The predicted molar refractivity (Wildman–Crippen MR) is 79.5 cm³/mol. The van der Waals surface area contributed by atoms with Gasteiger partial charge in [0.05, 0.1) is 5.69 Å². The van der Waals surface area contributed by atoms with Gasteiger partial charge in [-0.05, 0) is 43.3 Å². The van der Waals surface area contributed by atoms with Gasteiger partial charge in [0.2, 0.25) is 0 Å². The summed E-state index contributed by atoms with van der Waals surface area (Å²) in [5.41, 5.74) is 3.51. The average molecular weight is 263 g/mol. The normalized spacial score (nSPS) is 14.1. The molecular weight excluding hydrogens is 248 g/mol. The van der Waals surface area contributed by atoms with E-state index in [-0.39, 0.29) is 5.69 Å². The molecule has 96 valence electrons. The molecule has 0 amide bonds. The predicted octanol–water partition coefficient (Wildman–Crippen LogP) is 4.35. The number of furan rings is 1. The Morgan fingerprint density at radius 1 is 1.05 bits per heavy atom. The fourth-order valence-electron chi connectivity index (χ4n) is 2.39. The van der Waals surface area contributed by atoms with Crippen LogP contribution in [0, 0.1) is 6.85 Å². The molecule has 0 fully saturated rings. The summed E-state index contributed by atoms with van der Waals surface area (Å²) >= 11 is 0. The van der Waals surface area contributed by atoms with Crippen LogP contribution in [0.3, 0.4) is 0 Å². The highest BCUT2D eigenvalue weighted by Crippen LogP contribution is 2.33. The largest absolute Gasteiger partial charge is 0.454 e. The van der Waals surface area contributed by atoms with Crippen molar-refractivity contribution in [2.45, 2.75) is 6.85 Å². The van der Waals surface area contributed by atoms with E-state index in [1.165, 1.54) is 6.07 Å². The minimum Gasteiger partial charge on any atom is -0.454 e. The third kappa shape index (κ3) is 1.60. The number of benzene rings is 1. The van der Waals surface area contributed by atoms with Crippen molar-refractivity contribution in [3.63, 3.8) is 0 Å². The first kappa shape index (κ1) is 8.48. The van der Waals surface area contributed by atoms with Crippen molar-refractivity contribution in [2.24, 2.45) is 0 Å². The van der Waals surface area contributed by atoms with Gasteiger partial charge < -0.3 is 4.42 Å². The number of pyridine rings is 2. The van der Waals surface area contributed by atoms with Crippen LogP contribution in [0.1, 0.15) is 9.81 Å². The van der Waals surface area contributed by atoms with Crippen molar-refractivity contribution in [1.29, 1.82) is 0 Å². The van der Waals surface area contributed by atoms with Gasteiger partial charge in [-0.1, -0.05) is 12.1 Å². The number of para-hydroxylation sites is 1. The summed E-state index contributed by atoms with van der Waals surface area (Å²) in [5.74, 6) is 0. The molecule has 0 unspecified atom stereocenters.